The molecule has 3 rings (SSSR count). The van der Waals surface area contributed by atoms with Gasteiger partial charge >= 0.3 is 0 Å². The van der Waals surface area contributed by atoms with Gasteiger partial charge in [-0.25, -0.2) is 4.98 Å². The van der Waals surface area contributed by atoms with Crippen LogP contribution >= 0.6 is 0 Å². The molecule has 0 saturated carbocycles. The second kappa shape index (κ2) is 5.06. The van der Waals surface area contributed by atoms with Gasteiger partial charge in [0.15, 0.2) is 0 Å². The topological polar surface area (TPSA) is 37.8 Å². The van der Waals surface area contributed by atoms with Gasteiger partial charge in [-0.15, -0.1) is 0 Å². The Bertz CT molecular complexity index is 707. The quantitative estimate of drug-likeness (QED) is 0.771. The zero-order valence-corrected chi connectivity index (χ0v) is 10.8. The first-order valence-corrected chi connectivity index (χ1v) is 6.31. The van der Waals surface area contributed by atoms with Crippen molar-refractivity contribution in [2.75, 3.05) is 5.32 Å². The summed E-state index contributed by atoms with van der Waals surface area (Å²) in [6, 6.07) is 14.9. The van der Waals surface area contributed by atoms with Crippen molar-refractivity contribution in [1.82, 2.24) is 9.97 Å². The predicted molar refractivity (Wildman–Crippen MR) is 78.0 cm³/mol. The van der Waals surface area contributed by atoms with Crippen LogP contribution in [0, 0.1) is 6.92 Å². The second-order valence-corrected chi connectivity index (χ2v) is 4.58. The molecule has 0 aliphatic rings. The van der Waals surface area contributed by atoms with Crippen molar-refractivity contribution in [2.24, 2.45) is 0 Å². The Kier molecular flexibility index (Phi) is 3.11. The molecule has 1 N–H and O–H groups in total. The Labute approximate surface area is 112 Å². The van der Waals surface area contributed by atoms with Crippen molar-refractivity contribution in [3.63, 3.8) is 0 Å². The summed E-state index contributed by atoms with van der Waals surface area (Å²) in [7, 11) is 0. The molecule has 2 aromatic carbocycles. The van der Waals surface area contributed by atoms with Crippen LogP contribution < -0.4 is 5.32 Å². The van der Waals surface area contributed by atoms with E-state index in [0.717, 1.165) is 18.1 Å². The highest BCUT2D eigenvalue weighted by Gasteiger charge is 1.98. The Morgan fingerprint density at radius 2 is 1.84 bits per heavy atom. The summed E-state index contributed by atoms with van der Waals surface area (Å²) in [5.74, 6) is 0.813. The average molecular weight is 249 g/mol. The maximum atomic E-state index is 4.38. The molecule has 0 saturated heterocycles. The highest BCUT2D eigenvalue weighted by atomic mass is 15.0. The number of aryl methyl sites for hydroxylation is 1. The summed E-state index contributed by atoms with van der Waals surface area (Å²) in [5.41, 5.74) is 2.16. The molecule has 0 aliphatic carbocycles. The first-order chi connectivity index (χ1) is 9.31. The smallest absolute Gasteiger partial charge is 0.145 e. The number of aromatic nitrogens is 2. The van der Waals surface area contributed by atoms with E-state index in [1.54, 1.807) is 12.4 Å². The molecule has 19 heavy (non-hydrogen) atoms. The Morgan fingerprint density at radius 1 is 1.00 bits per heavy atom. The predicted octanol–water partition coefficient (Wildman–Crippen LogP) is 3.55. The van der Waals surface area contributed by atoms with Crippen LogP contribution in [0.25, 0.3) is 10.8 Å². The van der Waals surface area contributed by atoms with E-state index >= 15 is 0 Å². The third-order valence-corrected chi connectivity index (χ3v) is 3.04. The summed E-state index contributed by atoms with van der Waals surface area (Å²) in [6.07, 6.45) is 3.50. The highest BCUT2D eigenvalue weighted by Crippen LogP contribution is 2.16. The third-order valence-electron chi connectivity index (χ3n) is 3.04. The number of anilines is 1. The fourth-order valence-electron chi connectivity index (χ4n) is 2.09. The molecule has 0 aliphatic heterocycles. The van der Waals surface area contributed by atoms with Crippen molar-refractivity contribution >= 4 is 16.6 Å². The number of rotatable bonds is 3. The van der Waals surface area contributed by atoms with E-state index in [9.17, 15) is 0 Å². The number of fused-ring (bicyclic) bond motifs is 1. The molecule has 1 aromatic heterocycles. The maximum Gasteiger partial charge on any atom is 0.145 e. The fourth-order valence-corrected chi connectivity index (χ4v) is 2.09. The molecule has 3 nitrogen and oxygen atoms in total. The van der Waals surface area contributed by atoms with Gasteiger partial charge in [-0.1, -0.05) is 36.4 Å². The number of hydrogen-bond donors (Lipinski definition) is 1. The fraction of sp³-hybridized carbons (Fsp3) is 0.125. The molecule has 0 atom stereocenters. The first-order valence-electron chi connectivity index (χ1n) is 6.31. The SMILES string of the molecule is Cc1cncc(NCc2ccc3ccccc3c2)n1. The van der Waals surface area contributed by atoms with Crippen LogP contribution in [0.5, 0.6) is 0 Å². The molecule has 0 spiro atoms. The average Bonchev–Trinajstić information content (AvgIpc) is 2.45. The van der Waals surface area contributed by atoms with Crippen LogP contribution in [0.4, 0.5) is 5.82 Å². The summed E-state index contributed by atoms with van der Waals surface area (Å²) >= 11 is 0. The lowest BCUT2D eigenvalue weighted by atomic mass is 10.1. The first kappa shape index (κ1) is 11.7. The number of benzene rings is 2. The van der Waals surface area contributed by atoms with Crippen LogP contribution in [-0.4, -0.2) is 9.97 Å². The van der Waals surface area contributed by atoms with E-state index in [1.807, 2.05) is 6.92 Å². The monoisotopic (exact) mass is 249 g/mol. The lowest BCUT2D eigenvalue weighted by Crippen LogP contribution is -2.02. The van der Waals surface area contributed by atoms with E-state index in [1.165, 1.54) is 16.3 Å². The summed E-state index contributed by atoms with van der Waals surface area (Å²) in [4.78, 5) is 8.50. The molecule has 0 bridgehead atoms. The molecular weight excluding hydrogens is 234 g/mol. The maximum absolute atomic E-state index is 4.38. The second-order valence-electron chi connectivity index (χ2n) is 4.58. The molecule has 1 heterocycles. The van der Waals surface area contributed by atoms with Crippen molar-refractivity contribution in [1.29, 1.82) is 0 Å². The van der Waals surface area contributed by atoms with Crippen molar-refractivity contribution in [3.05, 3.63) is 66.1 Å². The molecule has 0 radical (unpaired) electrons. The van der Waals surface area contributed by atoms with Gasteiger partial charge in [-0.3, -0.25) is 4.98 Å². The van der Waals surface area contributed by atoms with Crippen molar-refractivity contribution in [3.8, 4) is 0 Å². The summed E-state index contributed by atoms with van der Waals surface area (Å²) < 4.78 is 0. The van der Waals surface area contributed by atoms with Crippen molar-refractivity contribution < 1.29 is 0 Å². The van der Waals surface area contributed by atoms with Gasteiger partial charge in [0.05, 0.1) is 11.9 Å². The Hall–Kier alpha value is -2.42. The van der Waals surface area contributed by atoms with Crippen LogP contribution in [0.2, 0.25) is 0 Å². The van der Waals surface area contributed by atoms with Gasteiger partial charge < -0.3 is 5.32 Å². The molecule has 3 aromatic rings. The van der Waals surface area contributed by atoms with E-state index in [0.29, 0.717) is 0 Å². The van der Waals surface area contributed by atoms with Gasteiger partial charge in [0, 0.05) is 12.7 Å². The standard InChI is InChI=1S/C16H15N3/c1-12-9-17-11-16(19-12)18-10-13-6-7-14-4-2-3-5-15(14)8-13/h2-9,11H,10H2,1H3,(H,18,19). The highest BCUT2D eigenvalue weighted by molar-refractivity contribution is 5.83. The molecular formula is C16H15N3. The zero-order chi connectivity index (χ0) is 13.1. The summed E-state index contributed by atoms with van der Waals surface area (Å²) in [6.45, 7) is 2.69. The largest absolute Gasteiger partial charge is 0.365 e. The van der Waals surface area contributed by atoms with Gasteiger partial charge in [0.1, 0.15) is 5.82 Å². The van der Waals surface area contributed by atoms with E-state index < -0.39 is 0 Å². The number of nitrogens with zero attached hydrogens (tertiary/aromatic N) is 2. The number of hydrogen-bond acceptors (Lipinski definition) is 3. The summed E-state index contributed by atoms with van der Waals surface area (Å²) in [5, 5.41) is 5.82. The van der Waals surface area contributed by atoms with Crippen LogP contribution in [0.1, 0.15) is 11.3 Å². The van der Waals surface area contributed by atoms with E-state index in [4.69, 9.17) is 0 Å². The minimum atomic E-state index is 0.753. The van der Waals surface area contributed by atoms with Gasteiger partial charge in [0.25, 0.3) is 0 Å². The normalized spacial score (nSPS) is 10.6. The molecule has 94 valence electrons. The minimum Gasteiger partial charge on any atom is -0.365 e. The lowest BCUT2D eigenvalue weighted by Gasteiger charge is -2.07. The van der Waals surface area contributed by atoms with Crippen LogP contribution in [-0.2, 0) is 6.54 Å². The van der Waals surface area contributed by atoms with E-state index in [-0.39, 0.29) is 0 Å². The van der Waals surface area contributed by atoms with Gasteiger partial charge in [0.2, 0.25) is 0 Å². The molecule has 0 fully saturated rings. The van der Waals surface area contributed by atoms with Gasteiger partial charge in [-0.05, 0) is 29.3 Å². The van der Waals surface area contributed by atoms with Crippen molar-refractivity contribution in [2.45, 2.75) is 13.5 Å². The van der Waals surface area contributed by atoms with E-state index in [2.05, 4.69) is 57.7 Å². The molecule has 0 unspecified atom stereocenters. The molecule has 3 heteroatoms. The Balaban J connectivity index is 1.78. The van der Waals surface area contributed by atoms with Gasteiger partial charge in [-0.2, -0.15) is 0 Å². The number of nitrogens with one attached hydrogen (secondary N) is 1. The zero-order valence-electron chi connectivity index (χ0n) is 10.8. The lowest BCUT2D eigenvalue weighted by molar-refractivity contribution is 1.06. The van der Waals surface area contributed by atoms with Crippen LogP contribution in [0.15, 0.2) is 54.9 Å². The minimum absolute atomic E-state index is 0.753. The van der Waals surface area contributed by atoms with Crippen LogP contribution in [0.3, 0.4) is 0 Å². The third kappa shape index (κ3) is 2.71. The Morgan fingerprint density at radius 3 is 2.68 bits per heavy atom. The molecule has 0 amide bonds.